The molecule has 17 nitrogen and oxygen atoms in total. The van der Waals surface area contributed by atoms with Crippen molar-refractivity contribution in [1.82, 2.24) is 25.3 Å². The van der Waals surface area contributed by atoms with E-state index in [9.17, 15) is 19.2 Å². The van der Waals surface area contributed by atoms with Crippen LogP contribution >= 0.6 is 0 Å². The molecule has 0 aliphatic rings. The molecular weight excluding hydrogens is 552 g/mol. The molecule has 1 amide bonds. The molecule has 2 heterocycles. The lowest BCUT2D eigenvalue weighted by atomic mass is 10.1. The Morgan fingerprint density at radius 2 is 1.60 bits per heavy atom. The Morgan fingerprint density at radius 3 is 2.19 bits per heavy atom. The summed E-state index contributed by atoms with van der Waals surface area (Å²) in [5.74, 6) is -3.86. The Bertz CT molecular complexity index is 1390. The first-order valence-corrected chi connectivity index (χ1v) is 12.7. The summed E-state index contributed by atoms with van der Waals surface area (Å²) in [6.45, 7) is 0.904. The van der Waals surface area contributed by atoms with Crippen LogP contribution in [0.2, 0.25) is 0 Å². The number of aromatic nitrogens is 4. The number of hydrogen-bond acceptors (Lipinski definition) is 13. The van der Waals surface area contributed by atoms with Gasteiger partial charge in [-0.2, -0.15) is 9.97 Å². The summed E-state index contributed by atoms with van der Waals surface area (Å²) < 4.78 is 0. The summed E-state index contributed by atoms with van der Waals surface area (Å²) in [5.41, 5.74) is 23.9. The Balaban J connectivity index is 0.000000528. The molecule has 2 atom stereocenters. The summed E-state index contributed by atoms with van der Waals surface area (Å²) in [6, 6.07) is 4.27. The van der Waals surface area contributed by atoms with Crippen molar-refractivity contribution in [2.45, 2.75) is 50.7 Å². The largest absolute Gasteiger partial charge is 0.481 e. The van der Waals surface area contributed by atoms with Gasteiger partial charge in [0, 0.05) is 17.7 Å². The Hall–Kier alpha value is -5.16. The van der Waals surface area contributed by atoms with E-state index >= 15 is 0 Å². The molecule has 17 heteroatoms. The van der Waals surface area contributed by atoms with Crippen molar-refractivity contribution >= 4 is 52.4 Å². The molecule has 0 bridgehead atoms. The van der Waals surface area contributed by atoms with Gasteiger partial charge < -0.3 is 48.9 Å². The van der Waals surface area contributed by atoms with Crippen LogP contribution in [0.4, 0.5) is 17.5 Å². The number of anilines is 3. The Kier molecular flexibility index (Phi) is 12.7. The Labute approximate surface area is 239 Å². The molecule has 0 radical (unpaired) electrons. The van der Waals surface area contributed by atoms with E-state index in [-0.39, 0.29) is 35.8 Å². The van der Waals surface area contributed by atoms with Crippen LogP contribution in [0.25, 0.3) is 11.2 Å². The van der Waals surface area contributed by atoms with Crippen LogP contribution in [0.3, 0.4) is 0 Å². The van der Waals surface area contributed by atoms with E-state index in [1.54, 1.807) is 12.1 Å². The molecule has 0 aliphatic carbocycles. The van der Waals surface area contributed by atoms with Gasteiger partial charge in [0.2, 0.25) is 5.95 Å². The van der Waals surface area contributed by atoms with Gasteiger partial charge in [-0.1, -0.05) is 6.42 Å². The van der Waals surface area contributed by atoms with E-state index in [4.69, 9.17) is 38.3 Å². The second-order valence-electron chi connectivity index (χ2n) is 8.96. The first-order chi connectivity index (χ1) is 19.9. The number of benzene rings is 1. The van der Waals surface area contributed by atoms with Crippen LogP contribution in [0.5, 0.6) is 0 Å². The summed E-state index contributed by atoms with van der Waals surface area (Å²) in [7, 11) is 0. The van der Waals surface area contributed by atoms with E-state index in [1.807, 2.05) is 0 Å². The van der Waals surface area contributed by atoms with E-state index in [0.29, 0.717) is 36.4 Å². The zero-order valence-electron chi connectivity index (χ0n) is 22.6. The fourth-order valence-electron chi connectivity index (χ4n) is 3.40. The molecule has 0 saturated heterocycles. The number of fused-ring (bicyclic) bond motifs is 1. The van der Waals surface area contributed by atoms with E-state index in [0.717, 1.165) is 12.8 Å². The lowest BCUT2D eigenvalue weighted by molar-refractivity contribution is -0.141. The lowest BCUT2D eigenvalue weighted by Crippen LogP contribution is -2.41. The second kappa shape index (κ2) is 16.2. The normalized spacial score (nSPS) is 12.0. The minimum atomic E-state index is -1.30. The standard InChI is InChI=1S/C19H20N8O5.C6H14N2O2/c20-15-14-16(27-19(21)26-15)23-8-11(24-14)7-22-10-3-1-9(2-4-10)17(30)25-12(18(31)32)5-6-13(28)29;7-4-2-1-3-5(8)6(9)10/h1-4,8,12,22H,5-7H2,(H,25,30)(H,28,29)(H,31,32)(H4,20,21,23,26,27);5H,1-4,7-8H2,(H,9,10)/t;5-/m.0/s1. The summed E-state index contributed by atoms with van der Waals surface area (Å²) in [4.78, 5) is 60.6. The van der Waals surface area contributed by atoms with Crippen molar-refractivity contribution in [2.75, 3.05) is 23.3 Å². The molecule has 2 aromatic heterocycles. The van der Waals surface area contributed by atoms with Gasteiger partial charge in [0.15, 0.2) is 17.0 Å². The van der Waals surface area contributed by atoms with Gasteiger partial charge in [-0.25, -0.2) is 14.8 Å². The molecule has 226 valence electrons. The predicted octanol–water partition coefficient (Wildman–Crippen LogP) is -0.229. The van der Waals surface area contributed by atoms with E-state index in [2.05, 4.69) is 30.6 Å². The van der Waals surface area contributed by atoms with Gasteiger partial charge in [-0.05, 0) is 50.1 Å². The minimum absolute atomic E-state index is 0.0101. The highest BCUT2D eigenvalue weighted by atomic mass is 16.4. The van der Waals surface area contributed by atoms with Gasteiger partial charge in [-0.15, -0.1) is 0 Å². The van der Waals surface area contributed by atoms with Crippen molar-refractivity contribution in [2.24, 2.45) is 11.5 Å². The third-order valence-electron chi connectivity index (χ3n) is 5.66. The molecule has 0 spiro atoms. The van der Waals surface area contributed by atoms with Gasteiger partial charge >= 0.3 is 17.9 Å². The molecule has 3 rings (SSSR count). The number of rotatable bonds is 14. The number of nitrogen functional groups attached to an aromatic ring is 2. The lowest BCUT2D eigenvalue weighted by Gasteiger charge is -2.14. The van der Waals surface area contributed by atoms with Crippen molar-refractivity contribution in [3.8, 4) is 0 Å². The average molecular weight is 587 g/mol. The molecule has 1 unspecified atom stereocenters. The smallest absolute Gasteiger partial charge is 0.326 e. The predicted molar refractivity (Wildman–Crippen MR) is 152 cm³/mol. The van der Waals surface area contributed by atoms with Crippen molar-refractivity contribution in [1.29, 1.82) is 0 Å². The molecule has 0 saturated carbocycles. The zero-order chi connectivity index (χ0) is 31.2. The monoisotopic (exact) mass is 586 g/mol. The third kappa shape index (κ3) is 10.8. The summed E-state index contributed by atoms with van der Waals surface area (Å²) in [5, 5.41) is 31.6. The van der Waals surface area contributed by atoms with Gasteiger partial charge in [0.05, 0.1) is 18.4 Å². The van der Waals surface area contributed by atoms with E-state index in [1.165, 1.54) is 18.3 Å². The van der Waals surface area contributed by atoms with Gasteiger partial charge in [-0.3, -0.25) is 14.4 Å². The van der Waals surface area contributed by atoms with Crippen LogP contribution in [0.15, 0.2) is 30.5 Å². The van der Waals surface area contributed by atoms with Crippen LogP contribution < -0.4 is 33.6 Å². The van der Waals surface area contributed by atoms with E-state index < -0.39 is 35.9 Å². The van der Waals surface area contributed by atoms with Crippen LogP contribution in [-0.2, 0) is 20.9 Å². The number of aliphatic carboxylic acids is 3. The highest BCUT2D eigenvalue weighted by Crippen LogP contribution is 2.16. The number of carboxylic acid groups (broad SMARTS) is 3. The molecule has 0 fully saturated rings. The van der Waals surface area contributed by atoms with Crippen molar-refractivity contribution < 1.29 is 34.5 Å². The number of unbranched alkanes of at least 4 members (excludes halogenated alkanes) is 1. The topological polar surface area (TPSA) is 309 Å². The quantitative estimate of drug-likeness (QED) is 0.110. The minimum Gasteiger partial charge on any atom is -0.481 e. The first-order valence-electron chi connectivity index (χ1n) is 12.7. The SMILES string of the molecule is NCCCC[C@H](N)C(=O)O.Nc1nc(N)c2nc(CNc3ccc(C(=O)NC(CCC(=O)O)C(=O)O)cc3)cnc2n1. The molecule has 42 heavy (non-hydrogen) atoms. The van der Waals surface area contributed by atoms with Crippen LogP contribution in [-0.4, -0.2) is 77.7 Å². The molecule has 1 aromatic carbocycles. The number of amides is 1. The van der Waals surface area contributed by atoms with Crippen LogP contribution in [0, 0.1) is 0 Å². The molecule has 0 aliphatic heterocycles. The number of nitrogens with two attached hydrogens (primary N) is 4. The number of carbonyl (C=O) groups is 4. The van der Waals surface area contributed by atoms with Crippen molar-refractivity contribution in [3.05, 3.63) is 41.7 Å². The number of carbonyl (C=O) groups excluding carboxylic acids is 1. The second-order valence-corrected chi connectivity index (χ2v) is 8.96. The highest BCUT2D eigenvalue weighted by molar-refractivity contribution is 5.97. The summed E-state index contributed by atoms with van der Waals surface area (Å²) >= 11 is 0. The molecule has 13 N–H and O–H groups in total. The molecular formula is C25H34N10O7. The highest BCUT2D eigenvalue weighted by Gasteiger charge is 2.21. The number of carboxylic acids is 3. The number of nitrogens with zero attached hydrogens (tertiary/aromatic N) is 4. The number of nitrogens with one attached hydrogen (secondary N) is 2. The average Bonchev–Trinajstić information content (AvgIpc) is 2.94. The van der Waals surface area contributed by atoms with Gasteiger partial charge in [0.25, 0.3) is 5.91 Å². The Morgan fingerprint density at radius 1 is 0.905 bits per heavy atom. The summed E-state index contributed by atoms with van der Waals surface area (Å²) in [6.07, 6.45) is 3.09. The first kappa shape index (κ1) is 33.0. The maximum atomic E-state index is 12.3. The maximum Gasteiger partial charge on any atom is 0.326 e. The van der Waals surface area contributed by atoms with Crippen molar-refractivity contribution in [3.63, 3.8) is 0 Å². The zero-order valence-corrected chi connectivity index (χ0v) is 22.6. The maximum absolute atomic E-state index is 12.3. The van der Waals surface area contributed by atoms with Crippen LogP contribution in [0.1, 0.15) is 48.2 Å². The fraction of sp³-hybridized carbons (Fsp3) is 0.360. The number of hydrogen-bond donors (Lipinski definition) is 9. The fourth-order valence-corrected chi connectivity index (χ4v) is 3.40. The van der Waals surface area contributed by atoms with Gasteiger partial charge in [0.1, 0.15) is 12.1 Å². The molecule has 3 aromatic rings. The third-order valence-corrected chi connectivity index (χ3v) is 5.66.